The fourth-order valence-electron chi connectivity index (χ4n) is 2.86. The van der Waals surface area contributed by atoms with Crippen LogP contribution in [0.4, 0.5) is 0 Å². The van der Waals surface area contributed by atoms with E-state index in [-0.39, 0.29) is 24.0 Å². The zero-order valence-electron chi connectivity index (χ0n) is 18.0. The summed E-state index contributed by atoms with van der Waals surface area (Å²) >= 11 is 0. The van der Waals surface area contributed by atoms with Gasteiger partial charge in [0.1, 0.15) is 17.9 Å². The maximum Gasteiger partial charge on any atom is 0.226 e. The minimum absolute atomic E-state index is 0. The van der Waals surface area contributed by atoms with Gasteiger partial charge in [0.25, 0.3) is 0 Å². The van der Waals surface area contributed by atoms with E-state index in [0.29, 0.717) is 18.3 Å². The van der Waals surface area contributed by atoms with Crippen LogP contribution in [0.15, 0.2) is 40.1 Å². The Bertz CT molecular complexity index is 939. The van der Waals surface area contributed by atoms with Crippen molar-refractivity contribution in [3.63, 3.8) is 0 Å². The SMILES string of the molecule is CN=C(NCCCCCc1nc(-c2ccc(OC)cc2)no1)NCc1ncnn1C.I. The van der Waals surface area contributed by atoms with Gasteiger partial charge in [-0.25, -0.2) is 4.98 Å². The molecule has 0 saturated carbocycles. The molecule has 10 nitrogen and oxygen atoms in total. The number of nitrogens with zero attached hydrogens (tertiary/aromatic N) is 6. The van der Waals surface area contributed by atoms with Crippen LogP contribution in [0.25, 0.3) is 11.4 Å². The van der Waals surface area contributed by atoms with Crippen molar-refractivity contribution < 1.29 is 9.26 Å². The molecule has 2 N–H and O–H groups in total. The summed E-state index contributed by atoms with van der Waals surface area (Å²) in [6, 6.07) is 7.61. The molecule has 0 atom stereocenters. The van der Waals surface area contributed by atoms with E-state index in [1.54, 1.807) is 18.8 Å². The van der Waals surface area contributed by atoms with Crippen LogP contribution >= 0.6 is 24.0 Å². The van der Waals surface area contributed by atoms with Gasteiger partial charge in [-0.05, 0) is 37.1 Å². The van der Waals surface area contributed by atoms with Crippen molar-refractivity contribution in [1.82, 2.24) is 35.5 Å². The molecule has 31 heavy (non-hydrogen) atoms. The lowest BCUT2D eigenvalue weighted by Crippen LogP contribution is -2.37. The topological polar surface area (TPSA) is 115 Å². The Morgan fingerprint density at radius 2 is 1.97 bits per heavy atom. The lowest BCUT2D eigenvalue weighted by molar-refractivity contribution is 0.374. The molecule has 168 valence electrons. The van der Waals surface area contributed by atoms with Gasteiger partial charge in [0.15, 0.2) is 5.96 Å². The molecule has 2 heterocycles. The highest BCUT2D eigenvalue weighted by molar-refractivity contribution is 14.0. The Kier molecular flexibility index (Phi) is 10.2. The van der Waals surface area contributed by atoms with E-state index in [4.69, 9.17) is 9.26 Å². The van der Waals surface area contributed by atoms with Crippen molar-refractivity contribution in [1.29, 1.82) is 0 Å². The number of guanidine groups is 1. The second-order valence-electron chi connectivity index (χ2n) is 6.70. The van der Waals surface area contributed by atoms with Crippen molar-refractivity contribution >= 4 is 29.9 Å². The molecule has 0 aliphatic rings. The number of ether oxygens (including phenoxy) is 1. The highest BCUT2D eigenvalue weighted by Crippen LogP contribution is 2.20. The summed E-state index contributed by atoms with van der Waals surface area (Å²) in [6.45, 7) is 1.41. The van der Waals surface area contributed by atoms with Gasteiger partial charge in [0.2, 0.25) is 11.7 Å². The Morgan fingerprint density at radius 1 is 1.16 bits per heavy atom. The number of rotatable bonds is 10. The average molecular weight is 540 g/mol. The highest BCUT2D eigenvalue weighted by atomic mass is 127. The van der Waals surface area contributed by atoms with Gasteiger partial charge in [-0.1, -0.05) is 11.6 Å². The molecule has 2 aromatic heterocycles. The van der Waals surface area contributed by atoms with E-state index >= 15 is 0 Å². The minimum atomic E-state index is 0. The first kappa shape index (κ1) is 24.6. The molecule has 1 aromatic carbocycles. The Balaban J connectivity index is 0.00000341. The molecule has 11 heteroatoms. The van der Waals surface area contributed by atoms with E-state index < -0.39 is 0 Å². The van der Waals surface area contributed by atoms with Crippen LogP contribution in [0, 0.1) is 0 Å². The van der Waals surface area contributed by atoms with Crippen molar-refractivity contribution in [2.75, 3.05) is 20.7 Å². The number of halogens is 1. The van der Waals surface area contributed by atoms with Gasteiger partial charge >= 0.3 is 0 Å². The van der Waals surface area contributed by atoms with Crippen LogP contribution in [0.1, 0.15) is 31.0 Å². The molecule has 0 bridgehead atoms. The standard InChI is InChI=1S/C20H28N8O2.HI/c1-21-20(23-13-17-24-14-25-28(17)2)22-12-6-4-5-7-18-26-19(27-30-18)15-8-10-16(29-3)11-9-15;/h8-11,14H,4-7,12-13H2,1-3H3,(H2,21,22,23);1H. The van der Waals surface area contributed by atoms with Crippen LogP contribution in [-0.2, 0) is 20.0 Å². The molecule has 0 saturated heterocycles. The van der Waals surface area contributed by atoms with Gasteiger partial charge in [-0.15, -0.1) is 24.0 Å². The van der Waals surface area contributed by atoms with Gasteiger partial charge in [0.05, 0.1) is 13.7 Å². The second kappa shape index (κ2) is 12.9. The van der Waals surface area contributed by atoms with Crippen molar-refractivity contribution in [3.05, 3.63) is 42.3 Å². The third-order valence-electron chi connectivity index (χ3n) is 4.62. The maximum absolute atomic E-state index is 5.36. The van der Waals surface area contributed by atoms with Crippen LogP contribution in [-0.4, -0.2) is 51.6 Å². The number of benzene rings is 1. The van der Waals surface area contributed by atoms with E-state index in [1.807, 2.05) is 31.3 Å². The molecular weight excluding hydrogens is 511 g/mol. The summed E-state index contributed by atoms with van der Waals surface area (Å²) in [5, 5.41) is 14.6. The molecule has 0 fully saturated rings. The zero-order valence-corrected chi connectivity index (χ0v) is 20.4. The molecule has 0 spiro atoms. The lowest BCUT2D eigenvalue weighted by Gasteiger charge is -2.11. The normalized spacial score (nSPS) is 11.1. The van der Waals surface area contributed by atoms with Gasteiger partial charge in [-0.2, -0.15) is 10.1 Å². The van der Waals surface area contributed by atoms with Gasteiger partial charge < -0.3 is 19.9 Å². The van der Waals surface area contributed by atoms with Gasteiger partial charge in [0, 0.05) is 32.6 Å². The second-order valence-corrected chi connectivity index (χ2v) is 6.70. The summed E-state index contributed by atoms with van der Waals surface area (Å²) < 4.78 is 12.3. The van der Waals surface area contributed by atoms with Gasteiger partial charge in [-0.3, -0.25) is 9.67 Å². The van der Waals surface area contributed by atoms with E-state index in [0.717, 1.165) is 55.3 Å². The number of methoxy groups -OCH3 is 1. The fraction of sp³-hybridized carbons (Fsp3) is 0.450. The number of hydrogen-bond donors (Lipinski definition) is 2. The zero-order chi connectivity index (χ0) is 21.2. The van der Waals surface area contributed by atoms with E-state index in [1.165, 1.54) is 6.33 Å². The molecule has 0 aliphatic carbocycles. The molecule has 3 aromatic rings. The first-order chi connectivity index (χ1) is 14.7. The number of aryl methyl sites for hydroxylation is 2. The molecule has 0 radical (unpaired) electrons. The molecule has 0 unspecified atom stereocenters. The van der Waals surface area contributed by atoms with Crippen molar-refractivity contribution in [3.8, 4) is 17.1 Å². The van der Waals surface area contributed by atoms with Crippen LogP contribution in [0.3, 0.4) is 0 Å². The lowest BCUT2D eigenvalue weighted by atomic mass is 10.2. The Labute approximate surface area is 198 Å². The number of aromatic nitrogens is 5. The fourth-order valence-corrected chi connectivity index (χ4v) is 2.86. The number of hydrogen-bond acceptors (Lipinski definition) is 7. The average Bonchev–Trinajstić information content (AvgIpc) is 3.41. The first-order valence-corrected chi connectivity index (χ1v) is 9.94. The first-order valence-electron chi connectivity index (χ1n) is 9.94. The van der Waals surface area contributed by atoms with Crippen LogP contribution in [0.5, 0.6) is 5.75 Å². The molecule has 3 rings (SSSR count). The van der Waals surface area contributed by atoms with E-state index in [9.17, 15) is 0 Å². The summed E-state index contributed by atoms with van der Waals surface area (Å²) in [6.07, 6.45) is 5.35. The summed E-state index contributed by atoms with van der Waals surface area (Å²) in [4.78, 5) is 12.9. The Morgan fingerprint density at radius 3 is 2.65 bits per heavy atom. The number of unbranched alkanes of at least 4 members (excludes halogenated alkanes) is 2. The monoisotopic (exact) mass is 540 g/mol. The minimum Gasteiger partial charge on any atom is -0.497 e. The number of aliphatic imine (C=N–C) groups is 1. The molecule has 0 amide bonds. The van der Waals surface area contributed by atoms with Crippen LogP contribution < -0.4 is 15.4 Å². The quantitative estimate of drug-likeness (QED) is 0.175. The largest absolute Gasteiger partial charge is 0.497 e. The predicted octanol–water partition coefficient (Wildman–Crippen LogP) is 2.57. The van der Waals surface area contributed by atoms with Crippen molar-refractivity contribution in [2.24, 2.45) is 12.0 Å². The predicted molar refractivity (Wildman–Crippen MR) is 128 cm³/mol. The highest BCUT2D eigenvalue weighted by Gasteiger charge is 2.08. The molecular formula is C20H29IN8O2. The molecule has 0 aliphatic heterocycles. The summed E-state index contributed by atoms with van der Waals surface area (Å²) in [5.41, 5.74) is 0.912. The third kappa shape index (κ3) is 7.49. The van der Waals surface area contributed by atoms with E-state index in [2.05, 4.69) is 35.8 Å². The summed E-state index contributed by atoms with van der Waals surface area (Å²) in [7, 11) is 5.26. The summed E-state index contributed by atoms with van der Waals surface area (Å²) in [5.74, 6) is 3.67. The maximum atomic E-state index is 5.36. The Hall–Kier alpha value is -2.70. The smallest absolute Gasteiger partial charge is 0.226 e. The third-order valence-corrected chi connectivity index (χ3v) is 4.62. The number of nitrogens with one attached hydrogen (secondary N) is 2. The van der Waals surface area contributed by atoms with Crippen LogP contribution in [0.2, 0.25) is 0 Å². The van der Waals surface area contributed by atoms with Crippen molar-refractivity contribution in [2.45, 2.75) is 32.2 Å².